The Morgan fingerprint density at radius 2 is 2.14 bits per heavy atom. The van der Waals surface area contributed by atoms with Crippen LogP contribution in [0.2, 0.25) is 0 Å². The van der Waals surface area contributed by atoms with Gasteiger partial charge in [0.1, 0.15) is 0 Å². The first-order chi connectivity index (χ1) is 9.78. The van der Waals surface area contributed by atoms with Gasteiger partial charge in [-0.15, -0.1) is 0 Å². The fourth-order valence-electron chi connectivity index (χ4n) is 2.64. The van der Waals surface area contributed by atoms with Crippen LogP contribution in [0.1, 0.15) is 18.9 Å². The maximum absolute atomic E-state index is 12.5. The summed E-state index contributed by atoms with van der Waals surface area (Å²) in [5.74, 6) is -1.60. The van der Waals surface area contributed by atoms with E-state index in [0.29, 0.717) is 18.5 Å². The first-order valence-electron chi connectivity index (χ1n) is 6.73. The van der Waals surface area contributed by atoms with E-state index in [9.17, 15) is 13.2 Å². The number of halogens is 1. The molecule has 21 heavy (non-hydrogen) atoms. The maximum Gasteiger partial charge on any atom is 0.307 e. The first kappa shape index (κ1) is 16.5. The van der Waals surface area contributed by atoms with Gasteiger partial charge in [0.25, 0.3) is 0 Å². The summed E-state index contributed by atoms with van der Waals surface area (Å²) in [6, 6.07) is 7.14. The van der Waals surface area contributed by atoms with E-state index < -0.39 is 21.9 Å². The fourth-order valence-corrected chi connectivity index (χ4v) is 4.76. The average molecular weight is 376 g/mol. The summed E-state index contributed by atoms with van der Waals surface area (Å²) in [6.45, 7) is 2.34. The lowest BCUT2D eigenvalue weighted by molar-refractivity contribution is -0.143. The number of hydrogen-bond donors (Lipinski definition) is 1. The number of hydrogen-bond acceptors (Lipinski definition) is 3. The highest BCUT2D eigenvalue weighted by Gasteiger charge is 2.35. The van der Waals surface area contributed by atoms with Crippen LogP contribution in [-0.4, -0.2) is 36.9 Å². The molecule has 2 atom stereocenters. The third kappa shape index (κ3) is 4.28. The highest BCUT2D eigenvalue weighted by Crippen LogP contribution is 2.25. The molecule has 2 rings (SSSR count). The van der Waals surface area contributed by atoms with Gasteiger partial charge in [-0.25, -0.2) is 12.7 Å². The number of aliphatic carboxylic acids is 1. The molecule has 1 saturated heterocycles. The van der Waals surface area contributed by atoms with E-state index in [-0.39, 0.29) is 18.2 Å². The van der Waals surface area contributed by atoms with Crippen molar-refractivity contribution in [2.24, 2.45) is 11.8 Å². The number of benzene rings is 1. The van der Waals surface area contributed by atoms with Crippen molar-refractivity contribution < 1.29 is 18.3 Å². The Morgan fingerprint density at radius 1 is 1.43 bits per heavy atom. The molecule has 1 aliphatic heterocycles. The van der Waals surface area contributed by atoms with Crippen molar-refractivity contribution in [2.75, 3.05) is 13.1 Å². The number of nitrogens with zero attached hydrogens (tertiary/aromatic N) is 1. The highest BCUT2D eigenvalue weighted by molar-refractivity contribution is 9.10. The first-order valence-corrected chi connectivity index (χ1v) is 9.13. The molecule has 0 aromatic heterocycles. The summed E-state index contributed by atoms with van der Waals surface area (Å²) in [6.07, 6.45) is 0.526. The van der Waals surface area contributed by atoms with Crippen molar-refractivity contribution in [1.82, 2.24) is 4.31 Å². The zero-order valence-corrected chi connectivity index (χ0v) is 14.1. The molecule has 1 aliphatic rings. The van der Waals surface area contributed by atoms with Gasteiger partial charge in [-0.1, -0.05) is 35.0 Å². The Bertz CT molecular complexity index is 632. The summed E-state index contributed by atoms with van der Waals surface area (Å²) in [7, 11) is -3.50. The molecule has 5 nitrogen and oxygen atoms in total. The lowest BCUT2D eigenvalue weighted by atomic mass is 9.92. The van der Waals surface area contributed by atoms with Crippen LogP contribution in [0.4, 0.5) is 0 Å². The molecular formula is C14H18BrNO4S. The molecule has 7 heteroatoms. The van der Waals surface area contributed by atoms with Crippen LogP contribution in [0.25, 0.3) is 0 Å². The molecule has 116 valence electrons. The molecule has 1 aromatic carbocycles. The largest absolute Gasteiger partial charge is 0.481 e. The summed E-state index contributed by atoms with van der Waals surface area (Å²) in [5.41, 5.74) is 0.689. The van der Waals surface area contributed by atoms with Crippen molar-refractivity contribution >= 4 is 31.9 Å². The highest BCUT2D eigenvalue weighted by atomic mass is 79.9. The molecule has 0 saturated carbocycles. The van der Waals surface area contributed by atoms with E-state index in [1.165, 1.54) is 4.31 Å². The lowest BCUT2D eigenvalue weighted by Crippen LogP contribution is -2.45. The van der Waals surface area contributed by atoms with Crippen LogP contribution in [0, 0.1) is 11.8 Å². The molecule has 0 spiro atoms. The van der Waals surface area contributed by atoms with Gasteiger partial charge in [0.15, 0.2) is 0 Å². The van der Waals surface area contributed by atoms with Crippen molar-refractivity contribution in [3.63, 3.8) is 0 Å². The summed E-state index contributed by atoms with van der Waals surface area (Å²) >= 11 is 3.32. The van der Waals surface area contributed by atoms with Crippen molar-refractivity contribution in [3.05, 3.63) is 34.3 Å². The van der Waals surface area contributed by atoms with Gasteiger partial charge in [0.05, 0.1) is 11.7 Å². The van der Waals surface area contributed by atoms with Crippen LogP contribution in [-0.2, 0) is 20.6 Å². The van der Waals surface area contributed by atoms with E-state index >= 15 is 0 Å². The Morgan fingerprint density at radius 3 is 2.76 bits per heavy atom. The number of carboxylic acid groups (broad SMARTS) is 1. The molecule has 1 heterocycles. The van der Waals surface area contributed by atoms with Gasteiger partial charge in [-0.2, -0.15) is 0 Å². The quantitative estimate of drug-likeness (QED) is 0.875. The van der Waals surface area contributed by atoms with Gasteiger partial charge in [0, 0.05) is 17.6 Å². The van der Waals surface area contributed by atoms with Gasteiger partial charge < -0.3 is 5.11 Å². The number of piperidine rings is 1. The summed E-state index contributed by atoms with van der Waals surface area (Å²) in [5, 5.41) is 9.14. The standard InChI is InChI=1S/C14H18BrNO4S/c1-10-5-12(14(17)18)8-16(7-10)21(19,20)9-11-3-2-4-13(15)6-11/h2-4,6,10,12H,5,7-9H2,1H3,(H,17,18). The molecule has 1 aromatic rings. The second kappa shape index (κ2) is 6.46. The Balaban J connectivity index is 2.16. The predicted octanol–water partition coefficient (Wildman–Crippen LogP) is 2.32. The minimum Gasteiger partial charge on any atom is -0.481 e. The number of carbonyl (C=O) groups is 1. The summed E-state index contributed by atoms with van der Waals surface area (Å²) in [4.78, 5) is 11.1. The minimum atomic E-state index is -3.50. The number of sulfonamides is 1. The van der Waals surface area contributed by atoms with Crippen LogP contribution >= 0.6 is 15.9 Å². The molecular weight excluding hydrogens is 358 g/mol. The average Bonchev–Trinajstić information content (AvgIpc) is 2.37. The molecule has 0 aliphatic carbocycles. The van der Waals surface area contributed by atoms with Gasteiger partial charge in [0.2, 0.25) is 10.0 Å². The number of carboxylic acids is 1. The summed E-state index contributed by atoms with van der Waals surface area (Å²) < 4.78 is 27.1. The third-order valence-electron chi connectivity index (χ3n) is 3.61. The van der Waals surface area contributed by atoms with E-state index in [1.54, 1.807) is 18.2 Å². The van der Waals surface area contributed by atoms with E-state index in [4.69, 9.17) is 5.11 Å². The smallest absolute Gasteiger partial charge is 0.307 e. The SMILES string of the molecule is CC1CC(C(=O)O)CN(S(=O)(=O)Cc2cccc(Br)c2)C1. The van der Waals surface area contributed by atoms with Crippen molar-refractivity contribution in [3.8, 4) is 0 Å². The van der Waals surface area contributed by atoms with E-state index in [1.807, 2.05) is 13.0 Å². The maximum atomic E-state index is 12.5. The zero-order valence-electron chi connectivity index (χ0n) is 11.7. The van der Waals surface area contributed by atoms with Crippen LogP contribution in [0.5, 0.6) is 0 Å². The van der Waals surface area contributed by atoms with Crippen LogP contribution < -0.4 is 0 Å². The normalized spacial score (nSPS) is 23.9. The second-order valence-corrected chi connectivity index (χ2v) is 8.46. The monoisotopic (exact) mass is 375 g/mol. The van der Waals surface area contributed by atoms with Gasteiger partial charge in [-0.3, -0.25) is 4.79 Å². The zero-order chi connectivity index (χ0) is 15.6. The lowest BCUT2D eigenvalue weighted by Gasteiger charge is -2.33. The molecule has 2 unspecified atom stereocenters. The number of rotatable bonds is 4. The minimum absolute atomic E-state index is 0.0529. The van der Waals surface area contributed by atoms with Crippen LogP contribution in [0.3, 0.4) is 0 Å². The molecule has 0 amide bonds. The Hall–Kier alpha value is -0.920. The Kier molecular flexibility index (Phi) is 5.06. The topological polar surface area (TPSA) is 74.7 Å². The molecule has 1 N–H and O–H groups in total. The predicted molar refractivity (Wildman–Crippen MR) is 83.2 cm³/mol. The van der Waals surface area contributed by atoms with E-state index in [0.717, 1.165) is 4.47 Å². The fraction of sp³-hybridized carbons (Fsp3) is 0.500. The van der Waals surface area contributed by atoms with Gasteiger partial charge >= 0.3 is 5.97 Å². The molecule has 0 radical (unpaired) electrons. The van der Waals surface area contributed by atoms with E-state index in [2.05, 4.69) is 15.9 Å². The molecule has 1 fully saturated rings. The second-order valence-electron chi connectivity index (χ2n) is 5.58. The molecule has 0 bridgehead atoms. The Labute approximate surface area is 133 Å². The van der Waals surface area contributed by atoms with Crippen molar-refractivity contribution in [2.45, 2.75) is 19.1 Å². The van der Waals surface area contributed by atoms with Crippen LogP contribution in [0.15, 0.2) is 28.7 Å². The van der Waals surface area contributed by atoms with Gasteiger partial charge in [-0.05, 0) is 30.0 Å². The third-order valence-corrected chi connectivity index (χ3v) is 5.88. The van der Waals surface area contributed by atoms with Crippen molar-refractivity contribution in [1.29, 1.82) is 0 Å².